The Kier molecular flexibility index (Phi) is 35.0. The van der Waals surface area contributed by atoms with Crippen LogP contribution in [0.4, 0.5) is 0 Å². The molecule has 0 spiro atoms. The molecule has 2 aliphatic rings. The van der Waals surface area contributed by atoms with Crippen LogP contribution in [0.15, 0.2) is 36.5 Å². The Labute approximate surface area is 395 Å². The highest BCUT2D eigenvalue weighted by atomic mass is 16.7. The lowest BCUT2D eigenvalue weighted by atomic mass is 9.98. The lowest BCUT2D eigenvalue weighted by Crippen LogP contribution is -2.61. The summed E-state index contributed by atoms with van der Waals surface area (Å²) in [5.74, 6) is -1.19. The fraction of sp³-hybridized carbons (Fsp3) is 0.843. The number of unbranched alkanes of at least 4 members (excludes halogenated alkanes) is 22. The molecule has 15 heteroatoms. The van der Waals surface area contributed by atoms with Crippen LogP contribution in [0, 0.1) is 0 Å². The number of ether oxygens (including phenoxy) is 6. The van der Waals surface area contributed by atoms with Gasteiger partial charge in [0.1, 0.15) is 55.4 Å². The Morgan fingerprint density at radius 1 is 0.515 bits per heavy atom. The van der Waals surface area contributed by atoms with Gasteiger partial charge in [0.15, 0.2) is 18.7 Å². The van der Waals surface area contributed by atoms with Crippen molar-refractivity contribution in [2.24, 2.45) is 0 Å². The third-order valence-electron chi connectivity index (χ3n) is 12.2. The molecule has 2 rings (SSSR count). The molecule has 0 radical (unpaired) electrons. The molecule has 0 aromatic rings. The standard InChI is InChI=1S/C51H90O15/c1-3-5-7-9-11-13-15-17-19-21-23-25-27-29-31-33-42(53)61-36-39(64-43(54)34-32-30-28-26-24-22-20-18-16-14-12-10-8-6-4-2)37-62-50-49(60)47(58)45(56)41(66-50)38-63-51-48(59)46(57)44(55)40(35-52)65-51/h22,24,27,29,31,33,39-41,44-52,55-60H,3-21,23,25-26,28,30,32,34-38H2,1-2H3/b24-22+,29-27+,33-31+/t39-,40-,41-,44+,45+,46?,47?,48?,49?,50-,51-/m1/s1. The predicted octanol–water partition coefficient (Wildman–Crippen LogP) is 6.93. The van der Waals surface area contributed by atoms with Crippen molar-refractivity contribution in [2.45, 2.75) is 248 Å². The summed E-state index contributed by atoms with van der Waals surface area (Å²) in [6.07, 6.45) is 23.8. The summed E-state index contributed by atoms with van der Waals surface area (Å²) in [5.41, 5.74) is 0. The fourth-order valence-corrected chi connectivity index (χ4v) is 7.95. The SMILES string of the molecule is CCCCCCCCCC/C=C/CCCCCC(=O)O[C@H](COC(=O)/C=C/C=C/CCCCCCCCCCCCC)CO[C@@H]1O[C@H](CO[C@@H]2O[C@H](CO)[C@H](O)C(O)C2O)[C@H](O)C(O)C1O. The van der Waals surface area contributed by atoms with Gasteiger partial charge in [0.05, 0.1) is 19.8 Å². The van der Waals surface area contributed by atoms with Crippen LogP contribution in [0.2, 0.25) is 0 Å². The van der Waals surface area contributed by atoms with E-state index in [-0.39, 0.29) is 13.0 Å². The molecule has 11 atom stereocenters. The lowest BCUT2D eigenvalue weighted by molar-refractivity contribution is -0.332. The van der Waals surface area contributed by atoms with Crippen LogP contribution >= 0.6 is 0 Å². The van der Waals surface area contributed by atoms with Gasteiger partial charge in [-0.05, 0) is 44.9 Å². The number of aliphatic hydroxyl groups excluding tert-OH is 7. The zero-order valence-corrected chi connectivity index (χ0v) is 40.4. The Morgan fingerprint density at radius 3 is 1.50 bits per heavy atom. The first kappa shape index (κ1) is 59.8. The molecular weight excluding hydrogens is 853 g/mol. The van der Waals surface area contributed by atoms with E-state index >= 15 is 0 Å². The third kappa shape index (κ3) is 26.5. The summed E-state index contributed by atoms with van der Waals surface area (Å²) in [4.78, 5) is 25.6. The molecular formula is C51H90O15. The quantitative estimate of drug-likeness (QED) is 0.0109. The summed E-state index contributed by atoms with van der Waals surface area (Å²) < 4.78 is 33.3. The Bertz CT molecular complexity index is 1290. The van der Waals surface area contributed by atoms with Crippen molar-refractivity contribution in [3.63, 3.8) is 0 Å². The van der Waals surface area contributed by atoms with Crippen LogP contribution < -0.4 is 0 Å². The number of esters is 2. The van der Waals surface area contributed by atoms with Crippen molar-refractivity contribution in [1.82, 2.24) is 0 Å². The van der Waals surface area contributed by atoms with E-state index in [1.165, 1.54) is 122 Å². The molecule has 0 saturated carbocycles. The van der Waals surface area contributed by atoms with Crippen LogP contribution in [-0.2, 0) is 38.0 Å². The largest absolute Gasteiger partial charge is 0.458 e. The van der Waals surface area contributed by atoms with E-state index in [0.717, 1.165) is 38.5 Å². The molecule has 0 aromatic carbocycles. The van der Waals surface area contributed by atoms with E-state index in [1.54, 1.807) is 12.2 Å². The van der Waals surface area contributed by atoms with Crippen LogP contribution in [0.25, 0.3) is 0 Å². The average molecular weight is 943 g/mol. The van der Waals surface area contributed by atoms with Crippen LogP contribution in [0.1, 0.15) is 181 Å². The minimum atomic E-state index is -1.78. The summed E-state index contributed by atoms with van der Waals surface area (Å²) in [7, 11) is 0. The second-order valence-electron chi connectivity index (χ2n) is 18.1. The van der Waals surface area contributed by atoms with Crippen molar-refractivity contribution < 1.29 is 73.8 Å². The fourth-order valence-electron chi connectivity index (χ4n) is 7.95. The van der Waals surface area contributed by atoms with Gasteiger partial charge in [0.2, 0.25) is 0 Å². The van der Waals surface area contributed by atoms with Crippen LogP contribution in [0.5, 0.6) is 0 Å². The first-order chi connectivity index (χ1) is 32.0. The summed E-state index contributed by atoms with van der Waals surface area (Å²) in [6.45, 7) is 2.45. The Hall–Kier alpha value is -2.28. The maximum Gasteiger partial charge on any atom is 0.330 e. The van der Waals surface area contributed by atoms with Gasteiger partial charge in [-0.25, -0.2) is 4.79 Å². The number of carbonyl (C=O) groups excluding carboxylic acids is 2. The summed E-state index contributed by atoms with van der Waals surface area (Å²) in [6, 6.07) is 0. The van der Waals surface area contributed by atoms with E-state index in [4.69, 9.17) is 28.4 Å². The summed E-state index contributed by atoms with van der Waals surface area (Å²) in [5, 5.41) is 72.0. The highest BCUT2D eigenvalue weighted by Gasteiger charge is 2.47. The average Bonchev–Trinajstić information content (AvgIpc) is 3.31. The molecule has 15 nitrogen and oxygen atoms in total. The van der Waals surface area contributed by atoms with E-state index in [9.17, 15) is 45.3 Å². The maximum absolute atomic E-state index is 13.0. The van der Waals surface area contributed by atoms with Crippen molar-refractivity contribution in [1.29, 1.82) is 0 Å². The van der Waals surface area contributed by atoms with Gasteiger partial charge in [-0.2, -0.15) is 0 Å². The molecule has 2 aliphatic heterocycles. The van der Waals surface area contributed by atoms with Gasteiger partial charge in [0.25, 0.3) is 0 Å². The molecule has 2 saturated heterocycles. The van der Waals surface area contributed by atoms with E-state index in [0.29, 0.717) is 6.42 Å². The lowest BCUT2D eigenvalue weighted by Gasteiger charge is -2.42. The molecule has 66 heavy (non-hydrogen) atoms. The van der Waals surface area contributed by atoms with Crippen molar-refractivity contribution >= 4 is 11.9 Å². The van der Waals surface area contributed by atoms with Crippen molar-refractivity contribution in [3.8, 4) is 0 Å². The van der Waals surface area contributed by atoms with Gasteiger partial charge < -0.3 is 64.2 Å². The smallest absolute Gasteiger partial charge is 0.330 e. The molecule has 4 unspecified atom stereocenters. The number of rotatable bonds is 39. The summed E-state index contributed by atoms with van der Waals surface area (Å²) >= 11 is 0. The first-order valence-electron chi connectivity index (χ1n) is 25.6. The topological polar surface area (TPSA) is 231 Å². The number of carbonyl (C=O) groups is 2. The van der Waals surface area contributed by atoms with E-state index in [1.807, 2.05) is 6.08 Å². The van der Waals surface area contributed by atoms with E-state index in [2.05, 4.69) is 26.0 Å². The molecule has 0 bridgehead atoms. The van der Waals surface area contributed by atoms with Gasteiger partial charge in [-0.3, -0.25) is 4.79 Å². The van der Waals surface area contributed by atoms with Crippen LogP contribution in [0.3, 0.4) is 0 Å². The minimum Gasteiger partial charge on any atom is -0.458 e. The van der Waals surface area contributed by atoms with Crippen molar-refractivity contribution in [2.75, 3.05) is 26.4 Å². The third-order valence-corrected chi connectivity index (χ3v) is 12.2. The zero-order chi connectivity index (χ0) is 48.2. The Morgan fingerprint density at radius 2 is 0.970 bits per heavy atom. The highest BCUT2D eigenvalue weighted by molar-refractivity contribution is 5.82. The number of hydrogen-bond donors (Lipinski definition) is 7. The molecule has 0 aliphatic carbocycles. The molecule has 2 heterocycles. The molecule has 2 fully saturated rings. The maximum atomic E-state index is 13.0. The predicted molar refractivity (Wildman–Crippen MR) is 252 cm³/mol. The Balaban J connectivity index is 1.85. The first-order valence-corrected chi connectivity index (χ1v) is 25.6. The van der Waals surface area contributed by atoms with E-state index < -0.39 is 99.3 Å². The molecule has 0 aromatic heterocycles. The zero-order valence-electron chi connectivity index (χ0n) is 40.4. The molecule has 384 valence electrons. The monoisotopic (exact) mass is 943 g/mol. The normalized spacial score (nSPS) is 26.4. The number of hydrogen-bond acceptors (Lipinski definition) is 15. The van der Waals surface area contributed by atoms with Crippen LogP contribution in [-0.4, -0.2) is 142 Å². The van der Waals surface area contributed by atoms with Gasteiger partial charge in [-0.15, -0.1) is 0 Å². The number of aliphatic hydroxyl groups is 7. The van der Waals surface area contributed by atoms with Crippen molar-refractivity contribution in [3.05, 3.63) is 36.5 Å². The molecule has 0 amide bonds. The molecule has 7 N–H and O–H groups in total. The highest BCUT2D eigenvalue weighted by Crippen LogP contribution is 2.26. The minimum absolute atomic E-state index is 0.126. The van der Waals surface area contributed by atoms with Gasteiger partial charge in [-0.1, -0.05) is 160 Å². The number of allylic oxidation sites excluding steroid dienone is 5. The second-order valence-corrected chi connectivity index (χ2v) is 18.1. The van der Waals surface area contributed by atoms with Gasteiger partial charge >= 0.3 is 11.9 Å². The second kappa shape index (κ2) is 38.6. The van der Waals surface area contributed by atoms with Gasteiger partial charge in [0, 0.05) is 12.5 Å².